The largest absolute Gasteiger partial charge is 0.352 e. The van der Waals surface area contributed by atoms with Gasteiger partial charge in [0.1, 0.15) is 6.04 Å². The Morgan fingerprint density at radius 2 is 2.00 bits per heavy atom. The van der Waals surface area contributed by atoms with E-state index in [1.165, 1.54) is 11.1 Å². The first-order chi connectivity index (χ1) is 12.6. The van der Waals surface area contributed by atoms with E-state index in [0.717, 1.165) is 46.2 Å². The molecule has 4 rings (SSSR count). The van der Waals surface area contributed by atoms with E-state index in [1.54, 1.807) is 18.3 Å². The second kappa shape index (κ2) is 6.83. The Hall–Kier alpha value is -2.21. The molecule has 1 aliphatic rings. The lowest BCUT2D eigenvalue weighted by Crippen LogP contribution is -2.42. The molecule has 1 fully saturated rings. The summed E-state index contributed by atoms with van der Waals surface area (Å²) < 4.78 is 3.34. The van der Waals surface area contributed by atoms with Crippen molar-refractivity contribution >= 4 is 37.4 Å². The number of fused-ring (bicyclic) bond motifs is 3. The Morgan fingerprint density at radius 3 is 2.77 bits per heavy atom. The summed E-state index contributed by atoms with van der Waals surface area (Å²) in [5, 5.41) is 9.19. The summed E-state index contributed by atoms with van der Waals surface area (Å²) in [5.41, 5.74) is 0.604. The number of nitrogens with one attached hydrogen (secondary N) is 1. The van der Waals surface area contributed by atoms with Crippen molar-refractivity contribution in [3.8, 4) is 0 Å². The minimum absolute atomic E-state index is 0.121. The standard InChI is InChI=1S/C20H23N3O2S/c1-12-18-17(15-10-6-7-11-16(15)26-18)20(25)23(22-12)13(2)19(24)21-14-8-4-3-5-9-14/h6-7,10-11,13-14H,3-5,8-9H2,1-2H3,(H,21,24)/t13-/m0/s1. The molecule has 1 aromatic carbocycles. The second-order valence-corrected chi connectivity index (χ2v) is 8.21. The van der Waals surface area contributed by atoms with Gasteiger partial charge in [0.05, 0.1) is 15.8 Å². The zero-order valence-electron chi connectivity index (χ0n) is 15.1. The van der Waals surface area contributed by atoms with Gasteiger partial charge in [-0.2, -0.15) is 5.10 Å². The second-order valence-electron chi connectivity index (χ2n) is 7.16. The summed E-state index contributed by atoms with van der Waals surface area (Å²) in [7, 11) is 0. The van der Waals surface area contributed by atoms with Gasteiger partial charge in [-0.15, -0.1) is 11.3 Å². The molecule has 5 nitrogen and oxygen atoms in total. The van der Waals surface area contributed by atoms with Crippen LogP contribution >= 0.6 is 11.3 Å². The number of hydrogen-bond donors (Lipinski definition) is 1. The molecule has 1 amide bonds. The fourth-order valence-corrected chi connectivity index (χ4v) is 4.96. The van der Waals surface area contributed by atoms with Crippen LogP contribution in [0.4, 0.5) is 0 Å². The molecule has 0 radical (unpaired) electrons. The fraction of sp³-hybridized carbons (Fsp3) is 0.450. The van der Waals surface area contributed by atoms with Crippen molar-refractivity contribution in [2.75, 3.05) is 0 Å². The predicted octanol–water partition coefficient (Wildman–Crippen LogP) is 3.93. The fourth-order valence-electron chi connectivity index (χ4n) is 3.82. The van der Waals surface area contributed by atoms with Gasteiger partial charge in [0.15, 0.2) is 0 Å². The van der Waals surface area contributed by atoms with Crippen LogP contribution in [0.15, 0.2) is 29.1 Å². The molecular weight excluding hydrogens is 346 g/mol. The van der Waals surface area contributed by atoms with E-state index in [1.807, 2.05) is 31.2 Å². The molecule has 1 atom stereocenters. The molecule has 1 saturated carbocycles. The number of rotatable bonds is 3. The first kappa shape index (κ1) is 17.2. The number of benzene rings is 1. The summed E-state index contributed by atoms with van der Waals surface area (Å²) in [6, 6.07) is 7.49. The molecule has 0 aliphatic heterocycles. The topological polar surface area (TPSA) is 64.0 Å². The third kappa shape index (κ3) is 2.92. The van der Waals surface area contributed by atoms with E-state index in [9.17, 15) is 9.59 Å². The monoisotopic (exact) mass is 369 g/mol. The maximum absolute atomic E-state index is 13.1. The Labute approximate surface area is 156 Å². The molecule has 0 spiro atoms. The minimum Gasteiger partial charge on any atom is -0.352 e. The Morgan fingerprint density at radius 1 is 1.27 bits per heavy atom. The molecular formula is C20H23N3O2S. The number of carbonyl (C=O) groups is 1. The highest BCUT2D eigenvalue weighted by molar-refractivity contribution is 7.26. The van der Waals surface area contributed by atoms with Crippen LogP contribution in [0.1, 0.15) is 50.8 Å². The number of aromatic nitrogens is 2. The highest BCUT2D eigenvalue weighted by Crippen LogP contribution is 2.32. The molecule has 0 unspecified atom stereocenters. The van der Waals surface area contributed by atoms with Gasteiger partial charge in [0.2, 0.25) is 5.91 Å². The third-order valence-electron chi connectivity index (χ3n) is 5.30. The van der Waals surface area contributed by atoms with E-state index < -0.39 is 6.04 Å². The average molecular weight is 369 g/mol. The molecule has 2 heterocycles. The van der Waals surface area contributed by atoms with E-state index in [0.29, 0.717) is 5.39 Å². The van der Waals surface area contributed by atoms with E-state index in [4.69, 9.17) is 0 Å². The number of aryl methyl sites for hydroxylation is 1. The maximum Gasteiger partial charge on any atom is 0.276 e. The molecule has 26 heavy (non-hydrogen) atoms. The van der Waals surface area contributed by atoms with Gasteiger partial charge in [0.25, 0.3) is 5.56 Å². The van der Waals surface area contributed by atoms with Crippen molar-refractivity contribution < 1.29 is 4.79 Å². The Bertz CT molecular complexity index is 1030. The molecule has 6 heteroatoms. The zero-order valence-corrected chi connectivity index (χ0v) is 15.9. The maximum atomic E-state index is 13.1. The van der Waals surface area contributed by atoms with Crippen molar-refractivity contribution in [2.45, 2.75) is 58.0 Å². The van der Waals surface area contributed by atoms with Crippen molar-refractivity contribution in [1.29, 1.82) is 0 Å². The van der Waals surface area contributed by atoms with Crippen molar-refractivity contribution in [3.05, 3.63) is 40.3 Å². The zero-order chi connectivity index (χ0) is 18.3. The predicted molar refractivity (Wildman–Crippen MR) is 106 cm³/mol. The van der Waals surface area contributed by atoms with Crippen LogP contribution in [-0.2, 0) is 4.79 Å². The average Bonchev–Trinajstić information content (AvgIpc) is 3.05. The summed E-state index contributed by atoms with van der Waals surface area (Å²) >= 11 is 1.58. The number of carbonyl (C=O) groups excluding carboxylic acids is 1. The van der Waals surface area contributed by atoms with Gasteiger partial charge >= 0.3 is 0 Å². The molecule has 1 aliphatic carbocycles. The molecule has 2 aromatic heterocycles. The van der Waals surface area contributed by atoms with Crippen LogP contribution in [0.2, 0.25) is 0 Å². The van der Waals surface area contributed by atoms with Crippen LogP contribution in [-0.4, -0.2) is 21.7 Å². The van der Waals surface area contributed by atoms with E-state index >= 15 is 0 Å². The van der Waals surface area contributed by atoms with Crippen molar-refractivity contribution in [2.24, 2.45) is 0 Å². The quantitative estimate of drug-likeness (QED) is 0.761. The van der Waals surface area contributed by atoms with Crippen LogP contribution in [0.5, 0.6) is 0 Å². The molecule has 3 aromatic rings. The van der Waals surface area contributed by atoms with Gasteiger partial charge in [-0.3, -0.25) is 9.59 Å². The Kier molecular flexibility index (Phi) is 4.53. The summed E-state index contributed by atoms with van der Waals surface area (Å²) in [5.74, 6) is -0.121. The highest BCUT2D eigenvalue weighted by Gasteiger charge is 2.24. The molecule has 1 N–H and O–H groups in total. The number of thiophene rings is 1. The highest BCUT2D eigenvalue weighted by atomic mass is 32.1. The van der Waals surface area contributed by atoms with E-state index in [-0.39, 0.29) is 17.5 Å². The minimum atomic E-state index is -0.619. The lowest BCUT2D eigenvalue weighted by molar-refractivity contribution is -0.125. The third-order valence-corrected chi connectivity index (χ3v) is 6.58. The lowest BCUT2D eigenvalue weighted by atomic mass is 9.95. The van der Waals surface area contributed by atoms with Crippen LogP contribution in [0.3, 0.4) is 0 Å². The molecule has 0 bridgehead atoms. The SMILES string of the molecule is Cc1nn([C@@H](C)C(=O)NC2CCCCC2)c(=O)c2c1sc1ccccc12. The smallest absolute Gasteiger partial charge is 0.276 e. The number of hydrogen-bond acceptors (Lipinski definition) is 4. The van der Waals surface area contributed by atoms with E-state index in [2.05, 4.69) is 10.4 Å². The van der Waals surface area contributed by atoms with Gasteiger partial charge in [-0.1, -0.05) is 37.5 Å². The first-order valence-electron chi connectivity index (χ1n) is 9.27. The van der Waals surface area contributed by atoms with Gasteiger partial charge < -0.3 is 5.32 Å². The van der Waals surface area contributed by atoms with Gasteiger partial charge in [-0.25, -0.2) is 4.68 Å². The number of amides is 1. The number of nitrogens with zero attached hydrogens (tertiary/aromatic N) is 2. The van der Waals surface area contributed by atoms with Crippen LogP contribution in [0, 0.1) is 6.92 Å². The van der Waals surface area contributed by atoms with Crippen LogP contribution < -0.4 is 10.9 Å². The first-order valence-corrected chi connectivity index (χ1v) is 10.1. The molecule has 0 saturated heterocycles. The Balaban J connectivity index is 1.73. The van der Waals surface area contributed by atoms with Crippen molar-refractivity contribution in [3.63, 3.8) is 0 Å². The van der Waals surface area contributed by atoms with Gasteiger partial charge in [0, 0.05) is 16.1 Å². The van der Waals surface area contributed by atoms with Gasteiger partial charge in [-0.05, 0) is 32.8 Å². The van der Waals surface area contributed by atoms with Crippen LogP contribution in [0.25, 0.3) is 20.2 Å². The molecule has 136 valence electrons. The summed E-state index contributed by atoms with van der Waals surface area (Å²) in [6.07, 6.45) is 5.60. The normalized spacial score (nSPS) is 16.8. The summed E-state index contributed by atoms with van der Waals surface area (Å²) in [4.78, 5) is 25.8. The lowest BCUT2D eigenvalue weighted by Gasteiger charge is -2.24. The summed E-state index contributed by atoms with van der Waals surface area (Å²) in [6.45, 7) is 3.66. The van der Waals surface area contributed by atoms with Crippen molar-refractivity contribution in [1.82, 2.24) is 15.1 Å².